The van der Waals surface area contributed by atoms with Crippen molar-refractivity contribution in [2.75, 3.05) is 7.11 Å². The van der Waals surface area contributed by atoms with Crippen LogP contribution in [-0.2, 0) is 4.74 Å². The molecular formula is C8H7BClFO5. The molecule has 0 fully saturated rings. The van der Waals surface area contributed by atoms with Crippen LogP contribution in [0.25, 0.3) is 0 Å². The van der Waals surface area contributed by atoms with E-state index in [1.54, 1.807) is 0 Å². The summed E-state index contributed by atoms with van der Waals surface area (Å²) in [7, 11) is -1.06. The third kappa shape index (κ3) is 2.85. The van der Waals surface area contributed by atoms with Gasteiger partial charge in [0.15, 0.2) is 5.82 Å². The van der Waals surface area contributed by atoms with Crippen LogP contribution in [-0.4, -0.2) is 30.4 Å². The Labute approximate surface area is 95.5 Å². The fourth-order valence-corrected chi connectivity index (χ4v) is 1.23. The summed E-state index contributed by atoms with van der Waals surface area (Å²) in [6.45, 7) is 0. The SMILES string of the molecule is COC(=O)c1cc(OB(O)O)c(F)cc1Cl. The molecule has 0 radical (unpaired) electrons. The zero-order valence-corrected chi connectivity index (χ0v) is 8.86. The first-order valence-corrected chi connectivity index (χ1v) is 4.43. The molecule has 0 saturated heterocycles. The van der Waals surface area contributed by atoms with Crippen molar-refractivity contribution in [2.45, 2.75) is 0 Å². The molecule has 0 aliphatic rings. The van der Waals surface area contributed by atoms with Gasteiger partial charge >= 0.3 is 13.3 Å². The summed E-state index contributed by atoms with van der Waals surface area (Å²) in [4.78, 5) is 11.2. The molecule has 86 valence electrons. The fraction of sp³-hybridized carbons (Fsp3) is 0.125. The number of benzene rings is 1. The van der Waals surface area contributed by atoms with Gasteiger partial charge in [0.2, 0.25) is 0 Å². The third-order valence-electron chi connectivity index (χ3n) is 1.66. The number of esters is 1. The Balaban J connectivity index is 3.16. The normalized spacial score (nSPS) is 9.81. The first-order valence-electron chi connectivity index (χ1n) is 4.06. The highest BCUT2D eigenvalue weighted by molar-refractivity contribution is 6.34. The van der Waals surface area contributed by atoms with Crippen molar-refractivity contribution in [3.63, 3.8) is 0 Å². The minimum absolute atomic E-state index is 0.138. The first-order chi connectivity index (χ1) is 7.45. The highest BCUT2D eigenvalue weighted by Crippen LogP contribution is 2.26. The van der Waals surface area contributed by atoms with Crippen LogP contribution in [0.1, 0.15) is 10.4 Å². The van der Waals surface area contributed by atoms with Crippen LogP contribution in [0.3, 0.4) is 0 Å². The maximum Gasteiger partial charge on any atom is 0.707 e. The summed E-state index contributed by atoms with van der Waals surface area (Å²) < 4.78 is 21.9. The molecule has 0 saturated carbocycles. The number of halogens is 2. The van der Waals surface area contributed by atoms with E-state index < -0.39 is 24.9 Å². The number of rotatable bonds is 3. The number of carbonyl (C=O) groups is 1. The van der Waals surface area contributed by atoms with Gasteiger partial charge in [0.1, 0.15) is 5.75 Å². The van der Waals surface area contributed by atoms with Crippen LogP contribution in [0.2, 0.25) is 5.02 Å². The molecule has 0 aromatic heterocycles. The minimum Gasteiger partial charge on any atom is -0.510 e. The van der Waals surface area contributed by atoms with Crippen molar-refractivity contribution in [1.29, 1.82) is 0 Å². The summed E-state index contributed by atoms with van der Waals surface area (Å²) in [5, 5.41) is 16.8. The van der Waals surface area contributed by atoms with E-state index in [-0.39, 0.29) is 10.6 Å². The van der Waals surface area contributed by atoms with Gasteiger partial charge in [-0.25, -0.2) is 9.18 Å². The number of carbonyl (C=O) groups excluding carboxylic acids is 1. The molecule has 1 aromatic rings. The molecule has 0 aliphatic carbocycles. The Morgan fingerprint density at radius 2 is 2.12 bits per heavy atom. The van der Waals surface area contributed by atoms with Crippen LogP contribution in [0.4, 0.5) is 4.39 Å². The molecular weight excluding hydrogens is 241 g/mol. The van der Waals surface area contributed by atoms with Crippen molar-refractivity contribution in [3.8, 4) is 5.75 Å². The van der Waals surface area contributed by atoms with E-state index in [1.807, 2.05) is 0 Å². The molecule has 16 heavy (non-hydrogen) atoms. The highest BCUT2D eigenvalue weighted by atomic mass is 35.5. The average molecular weight is 248 g/mol. The Morgan fingerprint density at radius 1 is 1.50 bits per heavy atom. The Morgan fingerprint density at radius 3 is 2.62 bits per heavy atom. The molecule has 8 heteroatoms. The van der Waals surface area contributed by atoms with Crippen LogP contribution < -0.4 is 4.65 Å². The molecule has 0 atom stereocenters. The van der Waals surface area contributed by atoms with Crippen molar-refractivity contribution in [3.05, 3.63) is 28.5 Å². The zero-order chi connectivity index (χ0) is 12.3. The van der Waals surface area contributed by atoms with Gasteiger partial charge in [-0.15, -0.1) is 0 Å². The molecule has 0 spiro atoms. The predicted molar refractivity (Wildman–Crippen MR) is 53.6 cm³/mol. The molecule has 0 amide bonds. The third-order valence-corrected chi connectivity index (χ3v) is 1.97. The van der Waals surface area contributed by atoms with E-state index in [0.29, 0.717) is 0 Å². The predicted octanol–water partition coefficient (Wildman–Crippen LogP) is 0.614. The van der Waals surface area contributed by atoms with Gasteiger partial charge < -0.3 is 19.4 Å². The van der Waals surface area contributed by atoms with Crippen molar-refractivity contribution >= 4 is 24.9 Å². The van der Waals surface area contributed by atoms with Gasteiger partial charge in [0.05, 0.1) is 17.7 Å². The van der Waals surface area contributed by atoms with Crippen molar-refractivity contribution in [2.24, 2.45) is 0 Å². The lowest BCUT2D eigenvalue weighted by Crippen LogP contribution is -2.21. The number of ether oxygens (including phenoxy) is 1. The Kier molecular flexibility index (Phi) is 4.11. The lowest BCUT2D eigenvalue weighted by molar-refractivity contribution is 0.0600. The molecule has 0 heterocycles. The Hall–Kier alpha value is -1.31. The van der Waals surface area contributed by atoms with E-state index in [2.05, 4.69) is 9.39 Å². The quantitative estimate of drug-likeness (QED) is 0.605. The van der Waals surface area contributed by atoms with Gasteiger partial charge in [0.25, 0.3) is 0 Å². The lowest BCUT2D eigenvalue weighted by atomic mass is 10.2. The highest BCUT2D eigenvalue weighted by Gasteiger charge is 2.19. The lowest BCUT2D eigenvalue weighted by Gasteiger charge is -2.09. The van der Waals surface area contributed by atoms with Crippen molar-refractivity contribution in [1.82, 2.24) is 0 Å². The summed E-state index contributed by atoms with van der Waals surface area (Å²) in [6.07, 6.45) is 0. The van der Waals surface area contributed by atoms with Crippen molar-refractivity contribution < 1.29 is 28.6 Å². The van der Waals surface area contributed by atoms with Gasteiger partial charge in [-0.3, -0.25) is 0 Å². The van der Waals surface area contributed by atoms with Gasteiger partial charge in [-0.1, -0.05) is 11.6 Å². The molecule has 1 aromatic carbocycles. The van der Waals surface area contributed by atoms with E-state index in [0.717, 1.165) is 19.2 Å². The van der Waals surface area contributed by atoms with Crippen LogP contribution in [0, 0.1) is 5.82 Å². The molecule has 2 N–H and O–H groups in total. The molecule has 1 rings (SSSR count). The van der Waals surface area contributed by atoms with E-state index in [9.17, 15) is 9.18 Å². The smallest absolute Gasteiger partial charge is 0.510 e. The fourth-order valence-electron chi connectivity index (χ4n) is 0.999. The monoisotopic (exact) mass is 248 g/mol. The Bertz CT molecular complexity index is 412. The van der Waals surface area contributed by atoms with Crippen LogP contribution >= 0.6 is 11.6 Å². The van der Waals surface area contributed by atoms with Gasteiger partial charge in [-0.05, 0) is 12.1 Å². The van der Waals surface area contributed by atoms with Gasteiger partial charge in [-0.2, -0.15) is 0 Å². The second kappa shape index (κ2) is 5.15. The van der Waals surface area contributed by atoms with Gasteiger partial charge in [0, 0.05) is 0 Å². The number of hydrogen-bond donors (Lipinski definition) is 2. The first kappa shape index (κ1) is 12.8. The van der Waals surface area contributed by atoms with E-state index in [4.69, 9.17) is 21.6 Å². The second-order valence-electron chi connectivity index (χ2n) is 2.70. The topological polar surface area (TPSA) is 76.0 Å². The van der Waals surface area contributed by atoms with E-state index in [1.165, 1.54) is 0 Å². The molecule has 0 unspecified atom stereocenters. The maximum absolute atomic E-state index is 13.2. The van der Waals surface area contributed by atoms with Crippen LogP contribution in [0.5, 0.6) is 5.75 Å². The van der Waals surface area contributed by atoms with Crippen LogP contribution in [0.15, 0.2) is 12.1 Å². The summed E-state index contributed by atoms with van der Waals surface area (Å²) in [5.41, 5.74) is -0.138. The molecule has 0 bridgehead atoms. The summed E-state index contributed by atoms with van der Waals surface area (Å²) in [6, 6.07) is 1.73. The largest absolute Gasteiger partial charge is 0.707 e. The molecule has 5 nitrogen and oxygen atoms in total. The summed E-state index contributed by atoms with van der Waals surface area (Å²) in [5.74, 6) is -2.23. The average Bonchev–Trinajstić information content (AvgIpc) is 2.20. The zero-order valence-electron chi connectivity index (χ0n) is 8.11. The second-order valence-corrected chi connectivity index (χ2v) is 3.11. The minimum atomic E-state index is -2.19. The van der Waals surface area contributed by atoms with E-state index >= 15 is 0 Å². The molecule has 0 aliphatic heterocycles. The number of hydrogen-bond acceptors (Lipinski definition) is 5. The summed E-state index contributed by atoms with van der Waals surface area (Å²) >= 11 is 5.59. The standard InChI is InChI=1S/C8H7BClFO5/c1-15-8(12)4-2-7(16-9(13)14)6(11)3-5(4)10/h2-3,13-14H,1H3. The number of methoxy groups -OCH3 is 1. The maximum atomic E-state index is 13.2.